The maximum absolute atomic E-state index is 10.9. The van der Waals surface area contributed by atoms with E-state index in [4.69, 9.17) is 4.55 Å². The van der Waals surface area contributed by atoms with Gasteiger partial charge in [-0.25, -0.2) is 0 Å². The molecule has 1 N–H and O–H groups in total. The minimum atomic E-state index is -4.03. The van der Waals surface area contributed by atoms with Gasteiger partial charge in [-0.2, -0.15) is 8.42 Å². The van der Waals surface area contributed by atoms with Crippen LogP contribution in [-0.2, 0) is 19.6 Å². The third-order valence-corrected chi connectivity index (χ3v) is 3.26. The molecular weight excluding hydrogens is 231 g/mol. The number of esters is 1. The van der Waals surface area contributed by atoms with Gasteiger partial charge in [0, 0.05) is 6.42 Å². The molecule has 0 radical (unpaired) electrons. The molecule has 0 aromatic heterocycles. The van der Waals surface area contributed by atoms with Crippen molar-refractivity contribution in [3.63, 3.8) is 0 Å². The summed E-state index contributed by atoms with van der Waals surface area (Å²) < 4.78 is 34.8. The summed E-state index contributed by atoms with van der Waals surface area (Å²) >= 11 is 0. The van der Waals surface area contributed by atoms with Gasteiger partial charge in [0.15, 0.2) is 0 Å². The topological polar surface area (TPSA) is 80.7 Å². The zero-order valence-corrected chi connectivity index (χ0v) is 9.21. The van der Waals surface area contributed by atoms with Crippen molar-refractivity contribution in [2.45, 2.75) is 38.4 Å². The summed E-state index contributed by atoms with van der Waals surface area (Å²) in [6.07, 6.45) is 0.415. The molecule has 0 fully saturated rings. The first-order valence-corrected chi connectivity index (χ1v) is 6.04. The summed E-state index contributed by atoms with van der Waals surface area (Å²) in [5.41, 5.74) is 0. The molecule has 0 bridgehead atoms. The van der Waals surface area contributed by atoms with Gasteiger partial charge in [-0.1, -0.05) is 6.92 Å². The van der Waals surface area contributed by atoms with Gasteiger partial charge in [-0.3, -0.25) is 9.35 Å². The standard InChI is InChI=1S/C8H16O5S.Na.H/c1-3-7(14(10,11)12)5-6-8(9)13-4-2;;/h7H,3-6H2,1-2H3,(H,10,11,12);;. The second kappa shape index (κ2) is 8.52. The number of rotatable bonds is 6. The first-order valence-electron chi connectivity index (χ1n) is 4.53. The van der Waals surface area contributed by atoms with E-state index in [1.165, 1.54) is 0 Å². The van der Waals surface area contributed by atoms with Crippen LogP contribution in [0.3, 0.4) is 0 Å². The monoisotopic (exact) mass is 248 g/mol. The summed E-state index contributed by atoms with van der Waals surface area (Å²) in [7, 11) is -4.03. The van der Waals surface area contributed by atoms with Gasteiger partial charge in [0.2, 0.25) is 0 Å². The number of carbonyl (C=O) groups is 1. The van der Waals surface area contributed by atoms with Gasteiger partial charge in [-0.15, -0.1) is 0 Å². The van der Waals surface area contributed by atoms with Crippen molar-refractivity contribution >= 4 is 45.6 Å². The predicted octanol–water partition coefficient (Wildman–Crippen LogP) is 0.348. The van der Waals surface area contributed by atoms with Crippen molar-refractivity contribution in [3.05, 3.63) is 0 Å². The van der Waals surface area contributed by atoms with E-state index >= 15 is 0 Å². The van der Waals surface area contributed by atoms with Gasteiger partial charge in [0.1, 0.15) is 0 Å². The van der Waals surface area contributed by atoms with Gasteiger partial charge < -0.3 is 4.74 Å². The Balaban J connectivity index is 0. The van der Waals surface area contributed by atoms with Crippen LogP contribution in [0.15, 0.2) is 0 Å². The molecule has 0 saturated carbocycles. The van der Waals surface area contributed by atoms with Crippen molar-refractivity contribution in [1.29, 1.82) is 0 Å². The van der Waals surface area contributed by atoms with Crippen molar-refractivity contribution in [1.82, 2.24) is 0 Å². The van der Waals surface area contributed by atoms with Crippen LogP contribution in [-0.4, -0.2) is 60.4 Å². The van der Waals surface area contributed by atoms with Crippen LogP contribution >= 0.6 is 0 Å². The van der Waals surface area contributed by atoms with E-state index in [1.807, 2.05) is 0 Å². The molecule has 0 spiro atoms. The van der Waals surface area contributed by atoms with E-state index in [0.29, 0.717) is 0 Å². The summed E-state index contributed by atoms with van der Waals surface area (Å²) in [4.78, 5) is 10.9. The molecule has 5 nitrogen and oxygen atoms in total. The third kappa shape index (κ3) is 8.21. The van der Waals surface area contributed by atoms with Crippen molar-refractivity contribution in [2.24, 2.45) is 0 Å². The molecular formula is C8H17NaO5S. The number of hydrogen-bond acceptors (Lipinski definition) is 4. The number of carbonyl (C=O) groups excluding carboxylic acids is 1. The van der Waals surface area contributed by atoms with E-state index in [1.54, 1.807) is 13.8 Å². The molecule has 7 heteroatoms. The fourth-order valence-corrected chi connectivity index (χ4v) is 1.91. The Hall–Kier alpha value is 0.380. The minimum absolute atomic E-state index is 0. The van der Waals surface area contributed by atoms with E-state index in [9.17, 15) is 13.2 Å². The van der Waals surface area contributed by atoms with Crippen molar-refractivity contribution in [3.8, 4) is 0 Å². The summed E-state index contributed by atoms with van der Waals surface area (Å²) in [6, 6.07) is 0. The van der Waals surface area contributed by atoms with Crippen LogP contribution in [0, 0.1) is 0 Å². The van der Waals surface area contributed by atoms with Crippen molar-refractivity contribution in [2.75, 3.05) is 6.61 Å². The normalized spacial score (nSPS) is 12.7. The molecule has 1 atom stereocenters. The number of hydrogen-bond donors (Lipinski definition) is 1. The third-order valence-electron chi connectivity index (χ3n) is 1.85. The molecule has 1 unspecified atom stereocenters. The molecule has 0 rings (SSSR count). The first-order chi connectivity index (χ1) is 6.41. The van der Waals surface area contributed by atoms with Crippen LogP contribution < -0.4 is 0 Å². The zero-order valence-electron chi connectivity index (χ0n) is 8.39. The second-order valence-electron chi connectivity index (χ2n) is 2.89. The first kappa shape index (κ1) is 17.8. The van der Waals surface area contributed by atoms with E-state index in [2.05, 4.69) is 4.74 Å². The summed E-state index contributed by atoms with van der Waals surface area (Å²) in [5, 5.41) is -0.869. The molecule has 0 aliphatic carbocycles. The number of ether oxygens (including phenoxy) is 1. The zero-order chi connectivity index (χ0) is 11.2. The molecule has 0 amide bonds. The Bertz CT molecular complexity index is 275. The molecule has 0 aromatic carbocycles. The average molecular weight is 248 g/mol. The summed E-state index contributed by atoms with van der Waals surface area (Å²) in [5.74, 6) is -0.436. The molecule has 0 heterocycles. The Morgan fingerprint density at radius 1 is 1.40 bits per heavy atom. The molecule has 15 heavy (non-hydrogen) atoms. The second-order valence-corrected chi connectivity index (χ2v) is 4.59. The molecule has 0 saturated heterocycles. The Labute approximate surface area is 113 Å². The van der Waals surface area contributed by atoms with Gasteiger partial charge in [0.05, 0.1) is 11.9 Å². The van der Waals surface area contributed by atoms with Crippen LogP contribution in [0.5, 0.6) is 0 Å². The quantitative estimate of drug-likeness (QED) is 0.416. The van der Waals surface area contributed by atoms with Gasteiger partial charge in [0.25, 0.3) is 10.1 Å². The van der Waals surface area contributed by atoms with E-state index in [-0.39, 0.29) is 55.4 Å². The summed E-state index contributed by atoms with van der Waals surface area (Å²) in [6.45, 7) is 3.60. The molecule has 0 aliphatic heterocycles. The fraction of sp³-hybridized carbons (Fsp3) is 0.875. The van der Waals surface area contributed by atoms with E-state index < -0.39 is 21.3 Å². The molecule has 0 aromatic rings. The van der Waals surface area contributed by atoms with Gasteiger partial charge >= 0.3 is 35.5 Å². The molecule has 0 aliphatic rings. The van der Waals surface area contributed by atoms with E-state index in [0.717, 1.165) is 0 Å². The average Bonchev–Trinajstić information content (AvgIpc) is 2.03. The van der Waals surface area contributed by atoms with Gasteiger partial charge in [-0.05, 0) is 19.8 Å². The Morgan fingerprint density at radius 2 is 1.93 bits per heavy atom. The van der Waals surface area contributed by atoms with Crippen molar-refractivity contribution < 1.29 is 22.5 Å². The Morgan fingerprint density at radius 3 is 2.27 bits per heavy atom. The maximum atomic E-state index is 10.9. The predicted molar refractivity (Wildman–Crippen MR) is 58.6 cm³/mol. The fourth-order valence-electron chi connectivity index (χ4n) is 1.08. The van der Waals surface area contributed by atoms with Crippen LogP contribution in [0.25, 0.3) is 0 Å². The van der Waals surface area contributed by atoms with Crippen LogP contribution in [0.1, 0.15) is 33.1 Å². The molecule has 86 valence electrons. The van der Waals surface area contributed by atoms with Crippen LogP contribution in [0.2, 0.25) is 0 Å². The SMILES string of the molecule is CCOC(=O)CCC(CC)S(=O)(=O)O.[NaH]. The van der Waals surface area contributed by atoms with Crippen LogP contribution in [0.4, 0.5) is 0 Å². The Kier molecular flexibility index (Phi) is 10.1.